The molecular weight excluding hydrogens is 290 g/mol. The third-order valence-corrected chi connectivity index (χ3v) is 4.43. The van der Waals surface area contributed by atoms with E-state index >= 15 is 0 Å². The average Bonchev–Trinajstić information content (AvgIpc) is 3.05. The number of ether oxygens (including phenoxy) is 1. The molecule has 1 aliphatic rings. The highest BCUT2D eigenvalue weighted by molar-refractivity contribution is 5.51. The van der Waals surface area contributed by atoms with E-state index in [0.29, 0.717) is 17.9 Å². The van der Waals surface area contributed by atoms with Crippen LogP contribution in [0.4, 0.5) is 0 Å². The van der Waals surface area contributed by atoms with Crippen LogP contribution in [0.5, 0.6) is 11.5 Å². The summed E-state index contributed by atoms with van der Waals surface area (Å²) in [6.07, 6.45) is 5.14. The number of aliphatic imine (C=N–C) groups is 1. The van der Waals surface area contributed by atoms with Gasteiger partial charge in [0.25, 0.3) is 0 Å². The molecule has 4 nitrogen and oxygen atoms in total. The minimum absolute atomic E-state index is 0.0735. The van der Waals surface area contributed by atoms with Crippen molar-refractivity contribution >= 4 is 6.08 Å². The predicted molar refractivity (Wildman–Crippen MR) is 87.1 cm³/mol. The van der Waals surface area contributed by atoms with E-state index < -0.39 is 5.54 Å². The first-order chi connectivity index (χ1) is 11.2. The molecule has 0 aliphatic heterocycles. The van der Waals surface area contributed by atoms with Crippen molar-refractivity contribution in [2.75, 3.05) is 0 Å². The lowest BCUT2D eigenvalue weighted by atomic mass is 9.88. The van der Waals surface area contributed by atoms with Crippen molar-refractivity contribution in [1.82, 2.24) is 0 Å². The van der Waals surface area contributed by atoms with Gasteiger partial charge in [-0.15, -0.1) is 0 Å². The maximum Gasteiger partial charge on any atom is 0.235 e. The van der Waals surface area contributed by atoms with Crippen molar-refractivity contribution in [1.29, 1.82) is 0 Å². The Hall–Kier alpha value is -2.58. The van der Waals surface area contributed by atoms with E-state index in [4.69, 9.17) is 4.74 Å². The Morgan fingerprint density at radius 2 is 1.83 bits per heavy atom. The maximum absolute atomic E-state index is 10.8. The van der Waals surface area contributed by atoms with Crippen LogP contribution in [-0.2, 0) is 16.9 Å². The van der Waals surface area contributed by atoms with Crippen LogP contribution in [0.2, 0.25) is 0 Å². The van der Waals surface area contributed by atoms with Crippen LogP contribution < -0.4 is 4.74 Å². The highest BCUT2D eigenvalue weighted by Gasteiger charge is 2.38. The quantitative estimate of drug-likeness (QED) is 0.669. The number of hydrogen-bond donors (Lipinski definition) is 1. The van der Waals surface area contributed by atoms with Crippen LogP contribution in [-0.4, -0.2) is 11.2 Å². The molecular formula is C19H19NO3. The van der Waals surface area contributed by atoms with Gasteiger partial charge in [-0.1, -0.05) is 55.3 Å². The van der Waals surface area contributed by atoms with Gasteiger partial charge in [0, 0.05) is 5.56 Å². The first-order valence-electron chi connectivity index (χ1n) is 7.83. The Morgan fingerprint density at radius 1 is 1.09 bits per heavy atom. The number of hydrogen-bond acceptors (Lipinski definition) is 4. The molecule has 0 spiro atoms. The lowest BCUT2D eigenvalue weighted by Crippen LogP contribution is -2.19. The van der Waals surface area contributed by atoms with Gasteiger partial charge in [-0.25, -0.2) is 4.79 Å². The molecule has 23 heavy (non-hydrogen) atoms. The second-order valence-electron chi connectivity index (χ2n) is 5.87. The molecule has 0 heterocycles. The summed E-state index contributed by atoms with van der Waals surface area (Å²) in [5.74, 6) is 0.489. The Labute approximate surface area is 135 Å². The first kappa shape index (κ1) is 15.3. The van der Waals surface area contributed by atoms with E-state index in [0.717, 1.165) is 31.2 Å². The molecule has 2 aromatic carbocycles. The van der Waals surface area contributed by atoms with Gasteiger partial charge in [0.15, 0.2) is 11.5 Å². The highest BCUT2D eigenvalue weighted by Crippen LogP contribution is 2.47. The van der Waals surface area contributed by atoms with Crippen molar-refractivity contribution in [2.45, 2.75) is 37.8 Å². The van der Waals surface area contributed by atoms with Gasteiger partial charge >= 0.3 is 0 Å². The van der Waals surface area contributed by atoms with E-state index in [1.54, 1.807) is 12.1 Å². The third-order valence-electron chi connectivity index (χ3n) is 4.43. The molecule has 1 saturated carbocycles. The van der Waals surface area contributed by atoms with E-state index in [2.05, 4.69) is 4.99 Å². The number of nitrogens with zero attached hydrogens (tertiary/aromatic N) is 1. The predicted octanol–water partition coefficient (Wildman–Crippen LogP) is 4.08. The second kappa shape index (κ2) is 6.67. The van der Waals surface area contributed by atoms with Gasteiger partial charge in [-0.05, 0) is 24.5 Å². The Kier molecular flexibility index (Phi) is 4.45. The molecule has 118 valence electrons. The molecule has 1 N–H and O–H groups in total. The van der Waals surface area contributed by atoms with E-state index in [1.807, 2.05) is 42.5 Å². The zero-order valence-corrected chi connectivity index (χ0v) is 12.9. The summed E-state index contributed by atoms with van der Waals surface area (Å²) in [5, 5.41) is 10.6. The Balaban J connectivity index is 1.87. The topological polar surface area (TPSA) is 58.9 Å². The minimum Gasteiger partial charge on any atom is -0.504 e. The summed E-state index contributed by atoms with van der Waals surface area (Å²) < 4.78 is 5.76. The fraction of sp³-hybridized carbons (Fsp3) is 0.316. The normalized spacial score (nSPS) is 15.8. The first-order valence-corrected chi connectivity index (χ1v) is 7.83. The summed E-state index contributed by atoms with van der Waals surface area (Å²) in [7, 11) is 0. The molecule has 0 radical (unpaired) electrons. The molecule has 4 heteroatoms. The van der Waals surface area contributed by atoms with Crippen molar-refractivity contribution in [3.63, 3.8) is 0 Å². The molecule has 0 atom stereocenters. The molecule has 1 fully saturated rings. The average molecular weight is 309 g/mol. The fourth-order valence-electron chi connectivity index (χ4n) is 3.24. The number of para-hydroxylation sites is 1. The third kappa shape index (κ3) is 3.13. The smallest absolute Gasteiger partial charge is 0.235 e. The molecule has 0 aromatic heterocycles. The summed E-state index contributed by atoms with van der Waals surface area (Å²) in [6.45, 7) is 0.377. The van der Waals surface area contributed by atoms with Gasteiger partial charge < -0.3 is 9.84 Å². The van der Waals surface area contributed by atoms with Gasteiger partial charge in [-0.3, -0.25) is 0 Å². The van der Waals surface area contributed by atoms with Crippen LogP contribution in [0.25, 0.3) is 0 Å². The largest absolute Gasteiger partial charge is 0.504 e. The Bertz CT molecular complexity index is 715. The molecule has 0 amide bonds. The van der Waals surface area contributed by atoms with Crippen LogP contribution in [0.1, 0.15) is 36.8 Å². The van der Waals surface area contributed by atoms with Crippen LogP contribution >= 0.6 is 0 Å². The zero-order valence-electron chi connectivity index (χ0n) is 12.9. The van der Waals surface area contributed by atoms with Crippen molar-refractivity contribution < 1.29 is 14.6 Å². The summed E-state index contributed by atoms with van der Waals surface area (Å²) >= 11 is 0. The maximum atomic E-state index is 10.8. The highest BCUT2D eigenvalue weighted by atomic mass is 16.5. The van der Waals surface area contributed by atoms with Gasteiger partial charge in [0.2, 0.25) is 6.08 Å². The molecule has 1 aliphatic carbocycles. The number of phenolic OH excluding ortho intramolecular Hbond substituents is 1. The second-order valence-corrected chi connectivity index (χ2v) is 5.87. The van der Waals surface area contributed by atoms with Crippen molar-refractivity contribution in [3.05, 3.63) is 59.7 Å². The van der Waals surface area contributed by atoms with Crippen molar-refractivity contribution in [3.8, 4) is 11.5 Å². The van der Waals surface area contributed by atoms with E-state index in [-0.39, 0.29) is 5.75 Å². The van der Waals surface area contributed by atoms with Crippen LogP contribution in [0.15, 0.2) is 53.5 Å². The number of isocyanates is 1. The zero-order chi connectivity index (χ0) is 16.1. The minimum atomic E-state index is -0.655. The monoisotopic (exact) mass is 309 g/mol. The molecule has 0 saturated heterocycles. The number of benzene rings is 2. The Morgan fingerprint density at radius 3 is 2.52 bits per heavy atom. The molecule has 0 bridgehead atoms. The number of aromatic hydroxyl groups is 1. The van der Waals surface area contributed by atoms with Crippen molar-refractivity contribution in [2.24, 2.45) is 4.99 Å². The van der Waals surface area contributed by atoms with Gasteiger partial charge in [0.05, 0.1) is 0 Å². The SMILES string of the molecule is O=C=NC1(c2cccc(OCc3ccccc3)c2O)CCCC1. The lowest BCUT2D eigenvalue weighted by molar-refractivity contribution is 0.284. The summed E-state index contributed by atoms with van der Waals surface area (Å²) in [6, 6.07) is 15.2. The number of carbonyl (C=O) groups excluding carboxylic acids is 1. The van der Waals surface area contributed by atoms with E-state index in [9.17, 15) is 9.90 Å². The standard InChI is InChI=1S/C19H19NO3/c21-14-20-19(11-4-5-12-19)16-9-6-10-17(18(16)22)23-13-15-7-2-1-3-8-15/h1-3,6-10,22H,4-5,11-13H2. The van der Waals surface area contributed by atoms with E-state index in [1.165, 1.54) is 0 Å². The molecule has 0 unspecified atom stereocenters. The van der Waals surface area contributed by atoms with Crippen LogP contribution in [0, 0.1) is 0 Å². The molecule has 3 rings (SSSR count). The fourth-order valence-corrected chi connectivity index (χ4v) is 3.24. The summed E-state index contributed by atoms with van der Waals surface area (Å²) in [5.41, 5.74) is 1.03. The number of rotatable bonds is 5. The molecule has 2 aromatic rings. The lowest BCUT2D eigenvalue weighted by Gasteiger charge is -2.24. The number of phenols is 1. The van der Waals surface area contributed by atoms with Gasteiger partial charge in [-0.2, -0.15) is 4.99 Å². The van der Waals surface area contributed by atoms with Crippen LogP contribution in [0.3, 0.4) is 0 Å². The van der Waals surface area contributed by atoms with Gasteiger partial charge in [0.1, 0.15) is 12.1 Å². The summed E-state index contributed by atoms with van der Waals surface area (Å²) in [4.78, 5) is 14.9.